The van der Waals surface area contributed by atoms with Crippen molar-refractivity contribution in [2.75, 3.05) is 7.11 Å². The number of carbonyl (C=O) groups is 1. The average Bonchev–Trinajstić information content (AvgIpc) is 2.22. The summed E-state index contributed by atoms with van der Waals surface area (Å²) in [6, 6.07) is 4.78. The van der Waals surface area contributed by atoms with Crippen LogP contribution in [0.15, 0.2) is 18.2 Å². The second-order valence-corrected chi connectivity index (χ2v) is 3.67. The molecule has 5 heteroatoms. The standard InChI is InChI=1S/C10H10Cl2O3/c1-6(10(13)14-2)15-7-3-4-8(11)9(12)5-7/h3-6H,1-2H3/t6-/m1/s1. The van der Waals surface area contributed by atoms with E-state index in [2.05, 4.69) is 4.74 Å². The Bertz CT molecular complexity index is 366. The van der Waals surface area contributed by atoms with E-state index in [1.807, 2.05) is 0 Å². The van der Waals surface area contributed by atoms with E-state index >= 15 is 0 Å². The van der Waals surface area contributed by atoms with Gasteiger partial charge in [-0.1, -0.05) is 23.2 Å². The minimum Gasteiger partial charge on any atom is -0.479 e. The molecule has 0 spiro atoms. The van der Waals surface area contributed by atoms with E-state index in [9.17, 15) is 4.79 Å². The highest BCUT2D eigenvalue weighted by atomic mass is 35.5. The van der Waals surface area contributed by atoms with Crippen LogP contribution >= 0.6 is 23.2 Å². The van der Waals surface area contributed by atoms with Crippen molar-refractivity contribution >= 4 is 29.2 Å². The van der Waals surface area contributed by atoms with Gasteiger partial charge in [-0.2, -0.15) is 0 Å². The summed E-state index contributed by atoms with van der Waals surface area (Å²) in [5.74, 6) is 0.0309. The van der Waals surface area contributed by atoms with Crippen molar-refractivity contribution < 1.29 is 14.3 Å². The number of carbonyl (C=O) groups excluding carboxylic acids is 1. The third kappa shape index (κ3) is 3.29. The van der Waals surface area contributed by atoms with Gasteiger partial charge in [0.2, 0.25) is 0 Å². The quantitative estimate of drug-likeness (QED) is 0.772. The van der Waals surface area contributed by atoms with Crippen molar-refractivity contribution in [1.29, 1.82) is 0 Å². The van der Waals surface area contributed by atoms with E-state index in [1.165, 1.54) is 7.11 Å². The molecule has 0 saturated carbocycles. The van der Waals surface area contributed by atoms with Crippen molar-refractivity contribution in [1.82, 2.24) is 0 Å². The number of hydrogen-bond donors (Lipinski definition) is 0. The summed E-state index contributed by atoms with van der Waals surface area (Å²) in [5, 5.41) is 0.820. The number of benzene rings is 1. The van der Waals surface area contributed by atoms with Gasteiger partial charge in [0, 0.05) is 6.07 Å². The molecule has 0 N–H and O–H groups in total. The molecule has 1 atom stereocenters. The summed E-state index contributed by atoms with van der Waals surface area (Å²) in [6.07, 6.45) is -0.674. The summed E-state index contributed by atoms with van der Waals surface area (Å²) in [4.78, 5) is 11.1. The number of halogens is 2. The molecule has 0 radical (unpaired) electrons. The molecule has 1 aromatic carbocycles. The van der Waals surface area contributed by atoms with Crippen LogP contribution in [0.4, 0.5) is 0 Å². The number of methoxy groups -OCH3 is 1. The van der Waals surface area contributed by atoms with E-state index < -0.39 is 12.1 Å². The molecule has 0 aliphatic rings. The predicted molar refractivity (Wildman–Crippen MR) is 58.6 cm³/mol. The van der Waals surface area contributed by atoms with Gasteiger partial charge in [0.1, 0.15) is 5.75 Å². The van der Waals surface area contributed by atoms with E-state index in [-0.39, 0.29) is 0 Å². The molecule has 3 nitrogen and oxygen atoms in total. The second kappa shape index (κ2) is 5.24. The molecule has 1 aromatic rings. The normalized spacial score (nSPS) is 12.0. The van der Waals surface area contributed by atoms with Crippen LogP contribution in [0.3, 0.4) is 0 Å². The van der Waals surface area contributed by atoms with E-state index in [4.69, 9.17) is 27.9 Å². The average molecular weight is 249 g/mol. The molecule has 0 bridgehead atoms. The maximum atomic E-state index is 11.1. The van der Waals surface area contributed by atoms with Gasteiger partial charge in [0.25, 0.3) is 0 Å². The van der Waals surface area contributed by atoms with Crippen LogP contribution in [0.25, 0.3) is 0 Å². The maximum Gasteiger partial charge on any atom is 0.346 e. The first-order valence-corrected chi connectivity index (χ1v) is 4.99. The Morgan fingerprint density at radius 1 is 1.33 bits per heavy atom. The Labute approximate surface area is 97.9 Å². The molecule has 0 aliphatic heterocycles. The van der Waals surface area contributed by atoms with E-state index in [0.717, 1.165) is 0 Å². The number of esters is 1. The van der Waals surface area contributed by atoms with Crippen molar-refractivity contribution in [3.8, 4) is 5.75 Å². The summed E-state index contributed by atoms with van der Waals surface area (Å²) in [6.45, 7) is 1.59. The van der Waals surface area contributed by atoms with Gasteiger partial charge in [-0.15, -0.1) is 0 Å². The van der Waals surface area contributed by atoms with Gasteiger partial charge >= 0.3 is 5.97 Å². The van der Waals surface area contributed by atoms with E-state index in [0.29, 0.717) is 15.8 Å². The smallest absolute Gasteiger partial charge is 0.346 e. The van der Waals surface area contributed by atoms with Gasteiger partial charge in [-0.05, 0) is 19.1 Å². The predicted octanol–water partition coefficient (Wildman–Crippen LogP) is 2.93. The molecule has 0 aliphatic carbocycles. The highest BCUT2D eigenvalue weighted by Crippen LogP contribution is 2.26. The van der Waals surface area contributed by atoms with Gasteiger partial charge in [-0.25, -0.2) is 4.79 Å². The first-order chi connectivity index (χ1) is 7.04. The fourth-order valence-corrected chi connectivity index (χ4v) is 1.26. The molecule has 0 fully saturated rings. The van der Waals surface area contributed by atoms with Gasteiger partial charge in [0.15, 0.2) is 6.10 Å². The molecule has 15 heavy (non-hydrogen) atoms. The molecule has 1 rings (SSSR count). The van der Waals surface area contributed by atoms with Crippen molar-refractivity contribution in [3.63, 3.8) is 0 Å². The lowest BCUT2D eigenvalue weighted by atomic mass is 10.3. The molecule has 0 saturated heterocycles. The maximum absolute atomic E-state index is 11.1. The molecular weight excluding hydrogens is 239 g/mol. The van der Waals surface area contributed by atoms with Crippen molar-refractivity contribution in [3.05, 3.63) is 28.2 Å². The Morgan fingerprint density at radius 2 is 2.00 bits per heavy atom. The zero-order chi connectivity index (χ0) is 11.4. The fourth-order valence-electron chi connectivity index (χ4n) is 0.968. The fraction of sp³-hybridized carbons (Fsp3) is 0.300. The molecule has 82 valence electrons. The number of rotatable bonds is 3. The van der Waals surface area contributed by atoms with Crippen LogP contribution < -0.4 is 4.74 Å². The summed E-state index contributed by atoms with van der Waals surface area (Å²) in [5.41, 5.74) is 0. The first-order valence-electron chi connectivity index (χ1n) is 4.24. The number of ether oxygens (including phenoxy) is 2. The van der Waals surface area contributed by atoms with Gasteiger partial charge in [0.05, 0.1) is 17.2 Å². The zero-order valence-electron chi connectivity index (χ0n) is 8.29. The van der Waals surface area contributed by atoms with Gasteiger partial charge < -0.3 is 9.47 Å². The van der Waals surface area contributed by atoms with Crippen LogP contribution in [-0.4, -0.2) is 19.2 Å². The molecule has 0 heterocycles. The first kappa shape index (κ1) is 12.1. The molecular formula is C10H10Cl2O3. The topological polar surface area (TPSA) is 35.5 Å². The van der Waals surface area contributed by atoms with Crippen LogP contribution in [0.2, 0.25) is 10.0 Å². The summed E-state index contributed by atoms with van der Waals surface area (Å²) < 4.78 is 9.80. The Balaban J connectivity index is 2.73. The van der Waals surface area contributed by atoms with Crippen LogP contribution in [0.5, 0.6) is 5.75 Å². The largest absolute Gasteiger partial charge is 0.479 e. The zero-order valence-corrected chi connectivity index (χ0v) is 9.80. The monoisotopic (exact) mass is 248 g/mol. The third-order valence-corrected chi connectivity index (χ3v) is 2.48. The van der Waals surface area contributed by atoms with Crippen LogP contribution in [-0.2, 0) is 9.53 Å². The lowest BCUT2D eigenvalue weighted by Gasteiger charge is -2.12. The second-order valence-electron chi connectivity index (χ2n) is 2.86. The Morgan fingerprint density at radius 3 is 2.53 bits per heavy atom. The molecule has 0 amide bonds. The summed E-state index contributed by atoms with van der Waals surface area (Å²) >= 11 is 11.5. The third-order valence-electron chi connectivity index (χ3n) is 1.74. The Hall–Kier alpha value is -0.930. The minimum absolute atomic E-state index is 0.381. The van der Waals surface area contributed by atoms with E-state index in [1.54, 1.807) is 25.1 Å². The summed E-state index contributed by atoms with van der Waals surface area (Å²) in [7, 11) is 1.30. The van der Waals surface area contributed by atoms with Crippen LogP contribution in [0.1, 0.15) is 6.92 Å². The van der Waals surface area contributed by atoms with Crippen LogP contribution in [0, 0.1) is 0 Å². The highest BCUT2D eigenvalue weighted by molar-refractivity contribution is 6.42. The van der Waals surface area contributed by atoms with Gasteiger partial charge in [-0.3, -0.25) is 0 Å². The van der Waals surface area contributed by atoms with Crippen molar-refractivity contribution in [2.24, 2.45) is 0 Å². The highest BCUT2D eigenvalue weighted by Gasteiger charge is 2.14. The Kier molecular flexibility index (Phi) is 4.24. The van der Waals surface area contributed by atoms with Crippen molar-refractivity contribution in [2.45, 2.75) is 13.0 Å². The lowest BCUT2D eigenvalue weighted by Crippen LogP contribution is -2.24. The minimum atomic E-state index is -0.674. The number of hydrogen-bond acceptors (Lipinski definition) is 3. The molecule has 0 unspecified atom stereocenters. The SMILES string of the molecule is COC(=O)[C@@H](C)Oc1ccc(Cl)c(Cl)c1. The lowest BCUT2D eigenvalue weighted by molar-refractivity contribution is -0.147. The molecule has 0 aromatic heterocycles.